The van der Waals surface area contributed by atoms with E-state index < -0.39 is 0 Å². The molecule has 0 unspecified atom stereocenters. The fourth-order valence-corrected chi connectivity index (χ4v) is 1.43. The summed E-state index contributed by atoms with van der Waals surface area (Å²) in [6.45, 7) is 4.09. The van der Waals surface area contributed by atoms with Crippen molar-refractivity contribution >= 4 is 5.78 Å². The Kier molecular flexibility index (Phi) is 4.30. The van der Waals surface area contributed by atoms with Crippen LogP contribution in [0.2, 0.25) is 0 Å². The molecule has 0 spiro atoms. The first-order chi connectivity index (χ1) is 6.75. The van der Waals surface area contributed by atoms with Crippen molar-refractivity contribution in [3.05, 3.63) is 29.6 Å². The summed E-state index contributed by atoms with van der Waals surface area (Å²) < 4.78 is 0. The number of unbranched alkanes of at least 4 members (excludes halogenated alkanes) is 2. The van der Waals surface area contributed by atoms with Gasteiger partial charge in [-0.05, 0) is 25.0 Å². The van der Waals surface area contributed by atoms with Gasteiger partial charge in [0.1, 0.15) is 0 Å². The van der Waals surface area contributed by atoms with Gasteiger partial charge in [0.05, 0.1) is 0 Å². The lowest BCUT2D eigenvalue weighted by atomic mass is 10.0. The molecule has 0 saturated heterocycles. The van der Waals surface area contributed by atoms with Crippen molar-refractivity contribution in [3.63, 3.8) is 0 Å². The van der Waals surface area contributed by atoms with Crippen LogP contribution in [0.3, 0.4) is 0 Å². The Balaban J connectivity index is 2.56. The molecule has 1 heterocycles. The number of aryl methyl sites for hydroxylation is 1. The van der Waals surface area contributed by atoms with Gasteiger partial charge in [0.25, 0.3) is 0 Å². The molecular formula is C12H17NO. The van der Waals surface area contributed by atoms with Crippen LogP contribution in [-0.2, 0) is 0 Å². The number of Topliss-reactive ketones (excluding diaryl/α,β-unsaturated/α-hetero) is 1. The molecule has 0 aliphatic heterocycles. The van der Waals surface area contributed by atoms with Crippen LogP contribution in [0, 0.1) is 6.92 Å². The van der Waals surface area contributed by atoms with Gasteiger partial charge >= 0.3 is 0 Å². The normalized spacial score (nSPS) is 10.1. The highest BCUT2D eigenvalue weighted by Gasteiger charge is 2.07. The third kappa shape index (κ3) is 2.95. The van der Waals surface area contributed by atoms with Gasteiger partial charge in [-0.1, -0.05) is 19.8 Å². The van der Waals surface area contributed by atoms with Crippen molar-refractivity contribution in [1.82, 2.24) is 4.98 Å². The molecule has 1 aromatic heterocycles. The Hall–Kier alpha value is -1.18. The van der Waals surface area contributed by atoms with Crippen LogP contribution >= 0.6 is 0 Å². The Morgan fingerprint density at radius 1 is 1.43 bits per heavy atom. The largest absolute Gasteiger partial charge is 0.294 e. The number of carbonyl (C=O) groups excluding carboxylic acids is 1. The number of pyridine rings is 1. The zero-order valence-corrected chi connectivity index (χ0v) is 8.92. The summed E-state index contributed by atoms with van der Waals surface area (Å²) in [5, 5.41) is 0. The summed E-state index contributed by atoms with van der Waals surface area (Å²) in [6.07, 6.45) is 7.32. The molecule has 14 heavy (non-hydrogen) atoms. The second kappa shape index (κ2) is 5.53. The van der Waals surface area contributed by atoms with Crippen LogP contribution in [0.5, 0.6) is 0 Å². The Bertz CT molecular complexity index is 307. The van der Waals surface area contributed by atoms with Crippen molar-refractivity contribution in [2.45, 2.75) is 39.5 Å². The van der Waals surface area contributed by atoms with Gasteiger partial charge in [-0.25, -0.2) is 0 Å². The summed E-state index contributed by atoms with van der Waals surface area (Å²) in [7, 11) is 0. The first kappa shape index (κ1) is 10.9. The standard InChI is InChI=1S/C12H17NO/c1-3-4-5-6-12(14)11-9-13-8-7-10(11)2/h7-9H,3-6H2,1-2H3. The predicted molar refractivity (Wildman–Crippen MR) is 57.4 cm³/mol. The van der Waals surface area contributed by atoms with Gasteiger partial charge in [0.15, 0.2) is 5.78 Å². The van der Waals surface area contributed by atoms with Crippen molar-refractivity contribution in [2.24, 2.45) is 0 Å². The van der Waals surface area contributed by atoms with Gasteiger partial charge in [-0.2, -0.15) is 0 Å². The summed E-state index contributed by atoms with van der Waals surface area (Å²) in [5.41, 5.74) is 1.81. The second-order valence-corrected chi connectivity index (χ2v) is 3.57. The number of hydrogen-bond acceptors (Lipinski definition) is 2. The van der Waals surface area contributed by atoms with Crippen LogP contribution in [0.25, 0.3) is 0 Å². The lowest BCUT2D eigenvalue weighted by Gasteiger charge is -2.02. The summed E-state index contributed by atoms with van der Waals surface area (Å²) in [4.78, 5) is 15.7. The minimum atomic E-state index is 0.226. The molecular weight excluding hydrogens is 174 g/mol. The molecule has 0 aromatic carbocycles. The average Bonchev–Trinajstić information content (AvgIpc) is 2.18. The van der Waals surface area contributed by atoms with E-state index in [1.807, 2.05) is 13.0 Å². The monoisotopic (exact) mass is 191 g/mol. The SMILES string of the molecule is CCCCCC(=O)c1cnccc1C. The lowest BCUT2D eigenvalue weighted by molar-refractivity contribution is 0.0978. The first-order valence-corrected chi connectivity index (χ1v) is 5.19. The molecule has 1 aromatic rings. The van der Waals surface area contributed by atoms with E-state index >= 15 is 0 Å². The van der Waals surface area contributed by atoms with E-state index in [4.69, 9.17) is 0 Å². The fourth-order valence-electron chi connectivity index (χ4n) is 1.43. The van der Waals surface area contributed by atoms with Crippen LogP contribution in [0.4, 0.5) is 0 Å². The van der Waals surface area contributed by atoms with Gasteiger partial charge < -0.3 is 0 Å². The van der Waals surface area contributed by atoms with Gasteiger partial charge in [0, 0.05) is 24.4 Å². The number of hydrogen-bond donors (Lipinski definition) is 0. The molecule has 0 aliphatic rings. The molecule has 0 fully saturated rings. The predicted octanol–water partition coefficient (Wildman–Crippen LogP) is 3.15. The van der Waals surface area contributed by atoms with Crippen molar-refractivity contribution in [3.8, 4) is 0 Å². The maximum Gasteiger partial charge on any atom is 0.164 e. The molecule has 0 saturated carbocycles. The van der Waals surface area contributed by atoms with Crippen LogP contribution in [-0.4, -0.2) is 10.8 Å². The summed E-state index contributed by atoms with van der Waals surface area (Å²) in [5.74, 6) is 0.226. The fraction of sp³-hybridized carbons (Fsp3) is 0.500. The molecule has 0 N–H and O–H groups in total. The maximum absolute atomic E-state index is 11.7. The van der Waals surface area contributed by atoms with E-state index in [9.17, 15) is 4.79 Å². The Morgan fingerprint density at radius 3 is 2.86 bits per heavy atom. The Labute approximate surface area is 85.4 Å². The number of rotatable bonds is 5. The topological polar surface area (TPSA) is 30.0 Å². The molecule has 0 amide bonds. The number of ketones is 1. The van der Waals surface area contributed by atoms with Gasteiger partial charge in [-0.3, -0.25) is 9.78 Å². The third-order valence-corrected chi connectivity index (χ3v) is 2.35. The first-order valence-electron chi connectivity index (χ1n) is 5.19. The highest BCUT2D eigenvalue weighted by Crippen LogP contribution is 2.10. The van der Waals surface area contributed by atoms with Gasteiger partial charge in [-0.15, -0.1) is 0 Å². The molecule has 0 atom stereocenters. The van der Waals surface area contributed by atoms with Crippen LogP contribution in [0.15, 0.2) is 18.5 Å². The molecule has 0 bridgehead atoms. The van der Waals surface area contributed by atoms with Crippen molar-refractivity contribution < 1.29 is 4.79 Å². The summed E-state index contributed by atoms with van der Waals surface area (Å²) in [6, 6.07) is 1.88. The molecule has 0 aliphatic carbocycles. The van der Waals surface area contributed by atoms with Crippen LogP contribution < -0.4 is 0 Å². The van der Waals surface area contributed by atoms with E-state index in [0.29, 0.717) is 6.42 Å². The smallest absolute Gasteiger partial charge is 0.164 e. The lowest BCUT2D eigenvalue weighted by Crippen LogP contribution is -2.02. The maximum atomic E-state index is 11.7. The highest BCUT2D eigenvalue weighted by molar-refractivity contribution is 5.96. The molecule has 0 radical (unpaired) electrons. The third-order valence-electron chi connectivity index (χ3n) is 2.35. The molecule has 2 nitrogen and oxygen atoms in total. The number of nitrogens with zero attached hydrogens (tertiary/aromatic N) is 1. The minimum Gasteiger partial charge on any atom is -0.294 e. The van der Waals surface area contributed by atoms with E-state index in [1.165, 1.54) is 0 Å². The number of aromatic nitrogens is 1. The van der Waals surface area contributed by atoms with Gasteiger partial charge in [0.2, 0.25) is 0 Å². The zero-order valence-electron chi connectivity index (χ0n) is 8.92. The molecule has 1 rings (SSSR count). The zero-order chi connectivity index (χ0) is 10.4. The van der Waals surface area contributed by atoms with E-state index in [2.05, 4.69) is 11.9 Å². The van der Waals surface area contributed by atoms with Crippen LogP contribution in [0.1, 0.15) is 48.5 Å². The summed E-state index contributed by atoms with van der Waals surface area (Å²) >= 11 is 0. The minimum absolute atomic E-state index is 0.226. The molecule has 2 heteroatoms. The average molecular weight is 191 g/mol. The quantitative estimate of drug-likeness (QED) is 0.528. The van der Waals surface area contributed by atoms with Crippen molar-refractivity contribution in [2.75, 3.05) is 0 Å². The van der Waals surface area contributed by atoms with Crippen molar-refractivity contribution in [1.29, 1.82) is 0 Å². The molecule has 76 valence electrons. The highest BCUT2D eigenvalue weighted by atomic mass is 16.1. The Morgan fingerprint density at radius 2 is 2.21 bits per heavy atom. The van der Waals surface area contributed by atoms with E-state index in [0.717, 1.165) is 30.4 Å². The van der Waals surface area contributed by atoms with E-state index in [-0.39, 0.29) is 5.78 Å². The van der Waals surface area contributed by atoms with E-state index in [1.54, 1.807) is 12.4 Å². The second-order valence-electron chi connectivity index (χ2n) is 3.57. The number of carbonyl (C=O) groups is 1.